The largest absolute Gasteiger partial charge is 0.497 e. The maximum absolute atomic E-state index is 12.8. The van der Waals surface area contributed by atoms with Gasteiger partial charge in [0.15, 0.2) is 0 Å². The number of carbonyl (C=O) groups is 2. The summed E-state index contributed by atoms with van der Waals surface area (Å²) in [6.45, 7) is 6.28. The Morgan fingerprint density at radius 1 is 0.789 bits per heavy atom. The number of amides is 3. The summed E-state index contributed by atoms with van der Waals surface area (Å²) in [5.41, 5.74) is 2.89. The molecule has 0 unspecified atom stereocenters. The van der Waals surface area contributed by atoms with Gasteiger partial charge in [-0.3, -0.25) is 14.6 Å². The van der Waals surface area contributed by atoms with E-state index < -0.39 is 6.03 Å². The first kappa shape index (κ1) is 27.0. The van der Waals surface area contributed by atoms with E-state index in [0.717, 1.165) is 39.3 Å². The number of nitrogens with one attached hydrogen (secondary N) is 3. The number of anilines is 2. The Morgan fingerprint density at radius 3 is 2.13 bits per heavy atom. The van der Waals surface area contributed by atoms with Gasteiger partial charge in [-0.2, -0.15) is 0 Å². The highest BCUT2D eigenvalue weighted by Gasteiger charge is 2.18. The first-order valence-electron chi connectivity index (χ1n) is 12.7. The van der Waals surface area contributed by atoms with Crippen LogP contribution in [0.4, 0.5) is 16.2 Å². The van der Waals surface area contributed by atoms with E-state index in [1.165, 1.54) is 12.7 Å². The van der Waals surface area contributed by atoms with E-state index in [-0.39, 0.29) is 5.91 Å². The zero-order valence-electron chi connectivity index (χ0n) is 21.9. The third-order valence-electron chi connectivity index (χ3n) is 6.48. The van der Waals surface area contributed by atoms with E-state index >= 15 is 0 Å². The van der Waals surface area contributed by atoms with Crippen molar-refractivity contribution in [2.75, 3.05) is 64.1 Å². The summed E-state index contributed by atoms with van der Waals surface area (Å²) in [7, 11) is 3.09. The lowest BCUT2D eigenvalue weighted by Crippen LogP contribution is -2.48. The number of rotatable bonds is 10. The van der Waals surface area contributed by atoms with Crippen LogP contribution in [0.1, 0.15) is 15.9 Å². The molecule has 3 amide bonds. The van der Waals surface area contributed by atoms with Crippen LogP contribution in [0.25, 0.3) is 0 Å². The van der Waals surface area contributed by atoms with Crippen LogP contribution in [0.5, 0.6) is 11.5 Å². The maximum atomic E-state index is 12.8. The zero-order chi connectivity index (χ0) is 26.7. The van der Waals surface area contributed by atoms with Crippen LogP contribution < -0.4 is 25.4 Å². The van der Waals surface area contributed by atoms with E-state index in [0.29, 0.717) is 35.0 Å². The summed E-state index contributed by atoms with van der Waals surface area (Å²) in [6.07, 6.45) is 0. The molecule has 0 spiro atoms. The normalized spacial score (nSPS) is 13.9. The summed E-state index contributed by atoms with van der Waals surface area (Å²) in [5.74, 6) is 0.883. The highest BCUT2D eigenvalue weighted by molar-refractivity contribution is 6.01. The summed E-state index contributed by atoms with van der Waals surface area (Å²) in [6, 6.07) is 22.1. The van der Waals surface area contributed by atoms with E-state index in [9.17, 15) is 9.59 Å². The molecule has 3 aromatic carbocycles. The van der Waals surface area contributed by atoms with Crippen molar-refractivity contribution in [1.29, 1.82) is 0 Å². The smallest absolute Gasteiger partial charge is 0.323 e. The second-order valence-corrected chi connectivity index (χ2v) is 9.08. The monoisotopic (exact) mass is 517 g/mol. The Bertz CT molecular complexity index is 1200. The van der Waals surface area contributed by atoms with E-state index in [1.807, 2.05) is 6.07 Å². The van der Waals surface area contributed by atoms with Crippen LogP contribution in [0, 0.1) is 0 Å². The van der Waals surface area contributed by atoms with Gasteiger partial charge in [0, 0.05) is 63.3 Å². The SMILES string of the molecule is COc1ccc(NC(=O)Nc2ccc(C(=O)NCCN3CCN(Cc4ccccc4)CC3)c(OC)c2)cc1. The average Bonchev–Trinajstić information content (AvgIpc) is 2.94. The molecular formula is C29H35N5O4. The highest BCUT2D eigenvalue weighted by atomic mass is 16.5. The highest BCUT2D eigenvalue weighted by Crippen LogP contribution is 2.24. The van der Waals surface area contributed by atoms with Crippen molar-refractivity contribution in [2.24, 2.45) is 0 Å². The number of ether oxygens (including phenoxy) is 2. The molecule has 1 saturated heterocycles. The molecule has 200 valence electrons. The van der Waals surface area contributed by atoms with Crippen LogP contribution in [0.2, 0.25) is 0 Å². The van der Waals surface area contributed by atoms with Crippen LogP contribution >= 0.6 is 0 Å². The molecule has 38 heavy (non-hydrogen) atoms. The van der Waals surface area contributed by atoms with Gasteiger partial charge in [0.2, 0.25) is 0 Å². The number of piperazine rings is 1. The molecule has 1 aliphatic rings. The Hall–Kier alpha value is -4.08. The molecule has 4 rings (SSSR count). The molecule has 1 fully saturated rings. The van der Waals surface area contributed by atoms with Crippen molar-refractivity contribution in [1.82, 2.24) is 15.1 Å². The lowest BCUT2D eigenvalue weighted by Gasteiger charge is -2.34. The molecule has 1 aliphatic heterocycles. The standard InChI is InChI=1S/C29H35N5O4/c1-37-25-11-8-23(9-12-25)31-29(36)32-24-10-13-26(27(20-24)38-2)28(35)30-14-15-33-16-18-34(19-17-33)21-22-6-4-3-5-7-22/h3-13,20H,14-19,21H2,1-2H3,(H,30,35)(H2,31,32,36). The second kappa shape index (κ2) is 13.5. The van der Waals surface area contributed by atoms with Crippen LogP contribution in [0.3, 0.4) is 0 Å². The Kier molecular flexibility index (Phi) is 9.55. The molecule has 9 nitrogen and oxygen atoms in total. The molecular weight excluding hydrogens is 482 g/mol. The van der Waals surface area contributed by atoms with Gasteiger partial charge in [0.1, 0.15) is 11.5 Å². The van der Waals surface area contributed by atoms with Crippen molar-refractivity contribution in [3.05, 3.63) is 83.9 Å². The zero-order valence-corrected chi connectivity index (χ0v) is 21.9. The van der Waals surface area contributed by atoms with E-state index in [2.05, 4.69) is 50.0 Å². The summed E-state index contributed by atoms with van der Waals surface area (Å²) < 4.78 is 10.6. The first-order valence-corrected chi connectivity index (χ1v) is 12.7. The lowest BCUT2D eigenvalue weighted by atomic mass is 10.1. The van der Waals surface area contributed by atoms with Crippen molar-refractivity contribution < 1.29 is 19.1 Å². The quantitative estimate of drug-likeness (QED) is 0.378. The number of carbonyl (C=O) groups excluding carboxylic acids is 2. The number of hydrogen-bond acceptors (Lipinski definition) is 6. The first-order chi connectivity index (χ1) is 18.5. The molecule has 0 saturated carbocycles. The fourth-order valence-corrected chi connectivity index (χ4v) is 4.36. The molecule has 0 aliphatic carbocycles. The number of benzene rings is 3. The summed E-state index contributed by atoms with van der Waals surface area (Å²) in [5, 5.41) is 8.51. The van der Waals surface area contributed by atoms with Crippen molar-refractivity contribution in [2.45, 2.75) is 6.54 Å². The second-order valence-electron chi connectivity index (χ2n) is 9.08. The fraction of sp³-hybridized carbons (Fsp3) is 0.310. The van der Waals surface area contributed by atoms with Gasteiger partial charge in [-0.15, -0.1) is 0 Å². The summed E-state index contributed by atoms with van der Waals surface area (Å²) in [4.78, 5) is 30.0. The van der Waals surface area contributed by atoms with Crippen LogP contribution in [-0.2, 0) is 6.54 Å². The Balaban J connectivity index is 1.21. The van der Waals surface area contributed by atoms with Gasteiger partial charge in [0.05, 0.1) is 19.8 Å². The Labute approximate surface area is 223 Å². The molecule has 3 aromatic rings. The predicted molar refractivity (Wildman–Crippen MR) is 149 cm³/mol. The molecule has 3 N–H and O–H groups in total. The third-order valence-corrected chi connectivity index (χ3v) is 6.48. The average molecular weight is 518 g/mol. The number of urea groups is 1. The topological polar surface area (TPSA) is 95.2 Å². The van der Waals surface area contributed by atoms with E-state index in [4.69, 9.17) is 9.47 Å². The van der Waals surface area contributed by atoms with Gasteiger partial charge in [-0.05, 0) is 42.0 Å². The predicted octanol–water partition coefficient (Wildman–Crippen LogP) is 3.90. The molecule has 9 heteroatoms. The Morgan fingerprint density at radius 2 is 1.45 bits per heavy atom. The van der Waals surface area contributed by atoms with Gasteiger partial charge < -0.3 is 25.4 Å². The molecule has 0 atom stereocenters. The molecule has 1 heterocycles. The summed E-state index contributed by atoms with van der Waals surface area (Å²) >= 11 is 0. The van der Waals surface area contributed by atoms with Crippen LogP contribution in [0.15, 0.2) is 72.8 Å². The number of hydrogen-bond donors (Lipinski definition) is 3. The minimum absolute atomic E-state index is 0.209. The van der Waals surface area contributed by atoms with Crippen LogP contribution in [-0.4, -0.2) is 75.2 Å². The molecule has 0 radical (unpaired) electrons. The maximum Gasteiger partial charge on any atom is 0.323 e. The van der Waals surface area contributed by atoms with Gasteiger partial charge in [-0.25, -0.2) is 4.79 Å². The number of methoxy groups -OCH3 is 2. The van der Waals surface area contributed by atoms with Crippen molar-refractivity contribution in [3.8, 4) is 11.5 Å². The molecule has 0 bridgehead atoms. The fourth-order valence-electron chi connectivity index (χ4n) is 4.36. The van der Waals surface area contributed by atoms with Crippen molar-refractivity contribution in [3.63, 3.8) is 0 Å². The minimum Gasteiger partial charge on any atom is -0.497 e. The van der Waals surface area contributed by atoms with Gasteiger partial charge in [0.25, 0.3) is 5.91 Å². The molecule has 0 aromatic heterocycles. The van der Waals surface area contributed by atoms with Crippen molar-refractivity contribution >= 4 is 23.3 Å². The van der Waals surface area contributed by atoms with Gasteiger partial charge in [-0.1, -0.05) is 30.3 Å². The lowest BCUT2D eigenvalue weighted by molar-refractivity contribution is 0.0931. The third kappa shape index (κ3) is 7.71. The van der Waals surface area contributed by atoms with E-state index in [1.54, 1.807) is 49.6 Å². The number of nitrogens with zero attached hydrogens (tertiary/aromatic N) is 2. The minimum atomic E-state index is -0.404. The van der Waals surface area contributed by atoms with Gasteiger partial charge >= 0.3 is 6.03 Å².